The van der Waals surface area contributed by atoms with Crippen molar-refractivity contribution in [3.05, 3.63) is 48.6 Å². The first-order valence-corrected chi connectivity index (χ1v) is 8.09. The predicted molar refractivity (Wildman–Crippen MR) is 87.6 cm³/mol. The number of benzene rings is 1. The normalized spacial score (nSPS) is 24.9. The molecule has 3 heteroatoms. The van der Waals surface area contributed by atoms with E-state index >= 15 is 0 Å². The molecule has 0 aromatic heterocycles. The van der Waals surface area contributed by atoms with Gasteiger partial charge < -0.3 is 9.47 Å². The van der Waals surface area contributed by atoms with Crippen LogP contribution in [0.2, 0.25) is 0 Å². The Morgan fingerprint density at radius 1 is 1.36 bits per heavy atom. The Kier molecular flexibility index (Phi) is 6.81. The van der Waals surface area contributed by atoms with Gasteiger partial charge in [-0.05, 0) is 38.2 Å². The monoisotopic (exact) mass is 302 g/mol. The van der Waals surface area contributed by atoms with Gasteiger partial charge in [-0.3, -0.25) is 4.79 Å². The summed E-state index contributed by atoms with van der Waals surface area (Å²) in [5, 5.41) is 0. The molecule has 0 spiro atoms. The fourth-order valence-corrected chi connectivity index (χ4v) is 3.02. The first-order chi connectivity index (χ1) is 10.7. The van der Waals surface area contributed by atoms with Crippen LogP contribution in [0, 0.1) is 5.92 Å². The first kappa shape index (κ1) is 16.9. The second-order valence-corrected chi connectivity index (χ2v) is 5.94. The lowest BCUT2D eigenvalue weighted by molar-refractivity contribution is -0.138. The van der Waals surface area contributed by atoms with Crippen LogP contribution in [-0.4, -0.2) is 24.6 Å². The second kappa shape index (κ2) is 8.86. The van der Waals surface area contributed by atoms with Crippen molar-refractivity contribution in [1.29, 1.82) is 0 Å². The molecule has 0 N–H and O–H groups in total. The molecule has 1 heterocycles. The highest BCUT2D eigenvalue weighted by Gasteiger charge is 2.33. The Balaban J connectivity index is 1.79. The van der Waals surface area contributed by atoms with Crippen LogP contribution in [0.15, 0.2) is 43.0 Å². The topological polar surface area (TPSA) is 35.5 Å². The van der Waals surface area contributed by atoms with Gasteiger partial charge in [0.2, 0.25) is 0 Å². The third-order valence-corrected chi connectivity index (χ3v) is 4.23. The van der Waals surface area contributed by atoms with Crippen molar-refractivity contribution in [3.63, 3.8) is 0 Å². The molecule has 1 aromatic rings. The maximum Gasteiger partial charge on any atom is 0.135 e. The fraction of sp³-hybridized carbons (Fsp3) is 0.526. The van der Waals surface area contributed by atoms with Gasteiger partial charge in [0.15, 0.2) is 0 Å². The lowest BCUT2D eigenvalue weighted by atomic mass is 9.86. The van der Waals surface area contributed by atoms with E-state index in [-0.39, 0.29) is 23.9 Å². The molecular weight excluding hydrogens is 276 g/mol. The van der Waals surface area contributed by atoms with E-state index in [1.54, 1.807) is 6.92 Å². The molecule has 1 saturated heterocycles. The highest BCUT2D eigenvalue weighted by Crippen LogP contribution is 2.29. The van der Waals surface area contributed by atoms with Gasteiger partial charge in [0.1, 0.15) is 5.78 Å². The summed E-state index contributed by atoms with van der Waals surface area (Å²) in [5.74, 6) is 0.242. The highest BCUT2D eigenvalue weighted by molar-refractivity contribution is 5.79. The summed E-state index contributed by atoms with van der Waals surface area (Å²) < 4.78 is 11.8. The second-order valence-electron chi connectivity index (χ2n) is 5.94. The highest BCUT2D eigenvalue weighted by atomic mass is 16.5. The number of carbonyl (C=O) groups is 1. The molecule has 0 saturated carbocycles. The minimum Gasteiger partial charge on any atom is -0.377 e. The molecule has 1 aliphatic heterocycles. The summed E-state index contributed by atoms with van der Waals surface area (Å²) in [6, 6.07) is 10.1. The van der Waals surface area contributed by atoms with Gasteiger partial charge in [-0.15, -0.1) is 6.58 Å². The Labute approximate surface area is 133 Å². The van der Waals surface area contributed by atoms with Crippen LogP contribution in [0.3, 0.4) is 0 Å². The number of ether oxygens (including phenoxy) is 2. The number of hydrogen-bond donors (Lipinski definition) is 0. The molecular formula is C19H26O3. The standard InChI is InChI=1S/C19H26O3/c1-3-7-17-10-11-18(15(2)20)19(22-17)12-13-21-14-16-8-5-4-6-9-16/h3-6,8-9,17-19H,1,7,10-14H2,2H3/t17-,18+,19+/m1/s1. The summed E-state index contributed by atoms with van der Waals surface area (Å²) in [6.07, 6.45) is 5.55. The van der Waals surface area contributed by atoms with Crippen molar-refractivity contribution < 1.29 is 14.3 Å². The van der Waals surface area contributed by atoms with Crippen molar-refractivity contribution >= 4 is 5.78 Å². The molecule has 2 rings (SSSR count). The minimum absolute atomic E-state index is 0.0152. The Bertz CT molecular complexity index is 469. The molecule has 1 aromatic carbocycles. The third-order valence-electron chi connectivity index (χ3n) is 4.23. The van der Waals surface area contributed by atoms with E-state index in [9.17, 15) is 4.79 Å². The van der Waals surface area contributed by atoms with Crippen molar-refractivity contribution in [3.8, 4) is 0 Å². The summed E-state index contributed by atoms with van der Waals surface area (Å²) in [7, 11) is 0. The van der Waals surface area contributed by atoms with E-state index in [2.05, 4.69) is 18.7 Å². The summed E-state index contributed by atoms with van der Waals surface area (Å²) in [4.78, 5) is 11.8. The van der Waals surface area contributed by atoms with Crippen molar-refractivity contribution in [2.24, 2.45) is 5.92 Å². The zero-order valence-corrected chi connectivity index (χ0v) is 13.4. The van der Waals surface area contributed by atoms with Gasteiger partial charge in [0.25, 0.3) is 0 Å². The van der Waals surface area contributed by atoms with Gasteiger partial charge in [0.05, 0.1) is 18.8 Å². The largest absolute Gasteiger partial charge is 0.377 e. The van der Waals surface area contributed by atoms with Gasteiger partial charge in [-0.2, -0.15) is 0 Å². The van der Waals surface area contributed by atoms with E-state index in [4.69, 9.17) is 9.47 Å². The van der Waals surface area contributed by atoms with Crippen LogP contribution in [0.1, 0.15) is 38.2 Å². The molecule has 0 amide bonds. The number of rotatable bonds is 8. The maximum absolute atomic E-state index is 11.8. The Hall–Kier alpha value is -1.45. The molecule has 0 unspecified atom stereocenters. The van der Waals surface area contributed by atoms with Gasteiger partial charge in [0, 0.05) is 12.5 Å². The quantitative estimate of drug-likeness (QED) is 0.539. The van der Waals surface area contributed by atoms with E-state index < -0.39 is 0 Å². The minimum atomic E-state index is -0.0213. The van der Waals surface area contributed by atoms with E-state index in [1.807, 2.05) is 24.3 Å². The average molecular weight is 302 g/mol. The SMILES string of the molecule is C=CC[C@@H]1CC[C@@H](C(C)=O)[C@H](CCOCc2ccccc2)O1. The third kappa shape index (κ3) is 5.08. The smallest absolute Gasteiger partial charge is 0.135 e. The molecule has 3 nitrogen and oxygen atoms in total. The molecule has 1 fully saturated rings. The Morgan fingerprint density at radius 2 is 2.14 bits per heavy atom. The summed E-state index contributed by atoms with van der Waals surface area (Å²) in [5.41, 5.74) is 1.17. The van der Waals surface area contributed by atoms with Crippen molar-refractivity contribution in [1.82, 2.24) is 0 Å². The van der Waals surface area contributed by atoms with E-state index in [0.29, 0.717) is 13.2 Å². The summed E-state index contributed by atoms with van der Waals surface area (Å²) in [6.45, 7) is 6.66. The van der Waals surface area contributed by atoms with Crippen LogP contribution in [-0.2, 0) is 20.9 Å². The molecule has 0 radical (unpaired) electrons. The van der Waals surface area contributed by atoms with Gasteiger partial charge >= 0.3 is 0 Å². The maximum atomic E-state index is 11.8. The van der Waals surface area contributed by atoms with Gasteiger partial charge in [-0.25, -0.2) is 0 Å². The number of carbonyl (C=O) groups excluding carboxylic acids is 1. The zero-order valence-electron chi connectivity index (χ0n) is 13.4. The van der Waals surface area contributed by atoms with E-state index in [1.165, 1.54) is 5.56 Å². The van der Waals surface area contributed by atoms with Crippen LogP contribution in [0.25, 0.3) is 0 Å². The zero-order chi connectivity index (χ0) is 15.8. The molecule has 1 aliphatic rings. The van der Waals surface area contributed by atoms with Crippen LogP contribution in [0.5, 0.6) is 0 Å². The predicted octanol–water partition coefficient (Wildman–Crippen LogP) is 3.92. The van der Waals surface area contributed by atoms with Crippen molar-refractivity contribution in [2.45, 2.75) is 51.4 Å². The van der Waals surface area contributed by atoms with Crippen LogP contribution in [0.4, 0.5) is 0 Å². The van der Waals surface area contributed by atoms with Crippen LogP contribution < -0.4 is 0 Å². The number of hydrogen-bond acceptors (Lipinski definition) is 3. The fourth-order valence-electron chi connectivity index (χ4n) is 3.02. The summed E-state index contributed by atoms with van der Waals surface area (Å²) >= 11 is 0. The lowest BCUT2D eigenvalue weighted by Crippen LogP contribution is -2.39. The number of Topliss-reactive ketones (excluding diaryl/α,β-unsaturated/α-hetero) is 1. The molecule has 0 aliphatic carbocycles. The lowest BCUT2D eigenvalue weighted by Gasteiger charge is -2.35. The molecule has 3 atom stereocenters. The average Bonchev–Trinajstić information content (AvgIpc) is 2.53. The Morgan fingerprint density at radius 3 is 2.82 bits per heavy atom. The molecule has 120 valence electrons. The first-order valence-electron chi connectivity index (χ1n) is 8.09. The molecule has 22 heavy (non-hydrogen) atoms. The van der Waals surface area contributed by atoms with Crippen molar-refractivity contribution in [2.75, 3.05) is 6.61 Å². The van der Waals surface area contributed by atoms with Gasteiger partial charge in [-0.1, -0.05) is 36.4 Å². The molecule has 0 bridgehead atoms. The van der Waals surface area contributed by atoms with Crippen LogP contribution >= 0.6 is 0 Å². The number of ketones is 1. The van der Waals surface area contributed by atoms with E-state index in [0.717, 1.165) is 25.7 Å².